The molecule has 0 aliphatic heterocycles. The fourth-order valence-corrected chi connectivity index (χ4v) is 6.29. The van der Waals surface area contributed by atoms with Gasteiger partial charge in [0.2, 0.25) is 5.91 Å². The number of amides is 1. The largest absolute Gasteiger partial charge is 0.497 e. The molecule has 4 saturated carbocycles. The molecule has 2 unspecified atom stereocenters. The predicted molar refractivity (Wildman–Crippen MR) is 99.6 cm³/mol. The van der Waals surface area contributed by atoms with Crippen molar-refractivity contribution in [3.8, 4) is 5.75 Å². The topological polar surface area (TPSA) is 38.3 Å². The normalized spacial score (nSPS) is 35.8. The highest BCUT2D eigenvalue weighted by Crippen LogP contribution is 2.65. The van der Waals surface area contributed by atoms with Gasteiger partial charge in [-0.2, -0.15) is 0 Å². The van der Waals surface area contributed by atoms with E-state index in [0.717, 1.165) is 31.6 Å². The fourth-order valence-electron chi connectivity index (χ4n) is 6.29. The van der Waals surface area contributed by atoms with Crippen LogP contribution >= 0.6 is 0 Å². The molecule has 25 heavy (non-hydrogen) atoms. The van der Waals surface area contributed by atoms with Crippen molar-refractivity contribution < 1.29 is 9.53 Å². The summed E-state index contributed by atoms with van der Waals surface area (Å²) in [5.74, 6) is 3.18. The maximum Gasteiger partial charge on any atom is 0.226 e. The summed E-state index contributed by atoms with van der Waals surface area (Å²) in [5.41, 5.74) is 1.49. The number of carbonyl (C=O) groups excluding carboxylic acids is 1. The molecule has 1 N–H and O–H groups in total. The number of methoxy groups -OCH3 is 1. The molecule has 4 aliphatic rings. The van der Waals surface area contributed by atoms with Gasteiger partial charge in [-0.05, 0) is 79.4 Å². The Morgan fingerprint density at radius 2 is 1.80 bits per heavy atom. The van der Waals surface area contributed by atoms with E-state index in [9.17, 15) is 4.79 Å². The smallest absolute Gasteiger partial charge is 0.226 e. The molecule has 0 radical (unpaired) electrons. The van der Waals surface area contributed by atoms with Crippen LogP contribution in [0.15, 0.2) is 24.3 Å². The van der Waals surface area contributed by atoms with Gasteiger partial charge in [0.1, 0.15) is 5.75 Å². The minimum Gasteiger partial charge on any atom is -0.497 e. The number of hydrogen-bond acceptors (Lipinski definition) is 2. The molecule has 136 valence electrons. The fraction of sp³-hybridized carbons (Fsp3) is 0.682. The number of benzene rings is 1. The minimum absolute atomic E-state index is 0.126. The molecule has 3 nitrogen and oxygen atoms in total. The minimum atomic E-state index is -0.126. The van der Waals surface area contributed by atoms with Gasteiger partial charge >= 0.3 is 0 Å². The van der Waals surface area contributed by atoms with Crippen LogP contribution in [0.1, 0.15) is 57.9 Å². The quantitative estimate of drug-likeness (QED) is 0.867. The zero-order chi connectivity index (χ0) is 17.7. The predicted octanol–water partition coefficient (Wildman–Crippen LogP) is 4.31. The number of ether oxygens (including phenoxy) is 1. The molecule has 4 bridgehead atoms. The van der Waals surface area contributed by atoms with Crippen LogP contribution in [0.3, 0.4) is 0 Å². The highest BCUT2D eigenvalue weighted by atomic mass is 16.5. The summed E-state index contributed by atoms with van der Waals surface area (Å²) >= 11 is 0. The first-order chi connectivity index (χ1) is 11.9. The van der Waals surface area contributed by atoms with Gasteiger partial charge in [-0.15, -0.1) is 0 Å². The molecule has 0 spiro atoms. The maximum atomic E-state index is 13.1. The van der Waals surface area contributed by atoms with Crippen molar-refractivity contribution >= 4 is 5.91 Å². The van der Waals surface area contributed by atoms with Gasteiger partial charge in [-0.25, -0.2) is 0 Å². The summed E-state index contributed by atoms with van der Waals surface area (Å²) in [6.07, 6.45) is 7.08. The van der Waals surface area contributed by atoms with Crippen LogP contribution in [-0.2, 0) is 10.2 Å². The van der Waals surface area contributed by atoms with Crippen LogP contribution < -0.4 is 10.1 Å². The van der Waals surface area contributed by atoms with E-state index in [1.165, 1.54) is 24.8 Å². The maximum absolute atomic E-state index is 13.1. The van der Waals surface area contributed by atoms with E-state index in [-0.39, 0.29) is 10.8 Å². The first-order valence-electron chi connectivity index (χ1n) is 9.88. The van der Waals surface area contributed by atoms with E-state index in [4.69, 9.17) is 4.74 Å². The molecular weight excluding hydrogens is 310 g/mol. The molecule has 0 heterocycles. The number of carbonyl (C=O) groups is 1. The van der Waals surface area contributed by atoms with Gasteiger partial charge in [0, 0.05) is 6.54 Å². The molecular formula is C22H31NO2. The van der Waals surface area contributed by atoms with Gasteiger partial charge in [0.05, 0.1) is 12.5 Å². The van der Waals surface area contributed by atoms with Crippen LogP contribution in [-0.4, -0.2) is 19.6 Å². The van der Waals surface area contributed by atoms with Crippen molar-refractivity contribution in [2.75, 3.05) is 13.7 Å². The lowest BCUT2D eigenvalue weighted by atomic mass is 9.42. The monoisotopic (exact) mass is 341 g/mol. The molecule has 2 atom stereocenters. The van der Waals surface area contributed by atoms with Crippen molar-refractivity contribution in [1.29, 1.82) is 0 Å². The number of nitrogens with one attached hydrogen (secondary N) is 1. The zero-order valence-electron chi connectivity index (χ0n) is 15.8. The number of hydrogen-bond donors (Lipinski definition) is 1. The van der Waals surface area contributed by atoms with Crippen molar-refractivity contribution in [1.82, 2.24) is 5.32 Å². The highest BCUT2D eigenvalue weighted by molar-refractivity contribution is 5.83. The van der Waals surface area contributed by atoms with Crippen molar-refractivity contribution in [3.05, 3.63) is 29.8 Å². The molecule has 1 aromatic rings. The van der Waals surface area contributed by atoms with E-state index in [1.54, 1.807) is 7.11 Å². The van der Waals surface area contributed by atoms with Crippen LogP contribution in [0, 0.1) is 23.2 Å². The second kappa shape index (κ2) is 6.03. The molecule has 5 rings (SSSR count). The van der Waals surface area contributed by atoms with E-state index < -0.39 is 0 Å². The average Bonchev–Trinajstić information content (AvgIpc) is 2.58. The van der Waals surface area contributed by atoms with Crippen molar-refractivity contribution in [3.63, 3.8) is 0 Å². The molecule has 1 amide bonds. The lowest BCUT2D eigenvalue weighted by Gasteiger charge is -2.61. The third-order valence-electron chi connectivity index (χ3n) is 6.92. The standard InChI is InChI=1S/C22H31NO2/c1-15(2)13-23-20(24)22-11-16-8-17(12-22)10-21(9-16,14-22)18-4-6-19(25-3)7-5-18/h4-7,15-17H,8-14H2,1-3H3,(H,23,24). The summed E-state index contributed by atoms with van der Waals surface area (Å²) in [5, 5.41) is 3.27. The Bertz CT molecular complexity index is 634. The third kappa shape index (κ3) is 2.86. The molecule has 4 fully saturated rings. The Kier molecular flexibility index (Phi) is 4.09. The van der Waals surface area contributed by atoms with Crippen LogP contribution in [0.2, 0.25) is 0 Å². The summed E-state index contributed by atoms with van der Waals surface area (Å²) in [7, 11) is 1.72. The van der Waals surface area contributed by atoms with Crippen LogP contribution in [0.4, 0.5) is 0 Å². The van der Waals surface area contributed by atoms with E-state index in [0.29, 0.717) is 23.7 Å². The van der Waals surface area contributed by atoms with E-state index >= 15 is 0 Å². The molecule has 0 aromatic heterocycles. The van der Waals surface area contributed by atoms with Crippen molar-refractivity contribution in [2.24, 2.45) is 23.2 Å². The Labute approximate surface area is 151 Å². The average molecular weight is 341 g/mol. The zero-order valence-corrected chi connectivity index (χ0v) is 15.8. The second-order valence-corrected chi connectivity index (χ2v) is 9.35. The lowest BCUT2D eigenvalue weighted by Crippen LogP contribution is -2.59. The van der Waals surface area contributed by atoms with Crippen molar-refractivity contribution in [2.45, 2.75) is 57.8 Å². The summed E-state index contributed by atoms with van der Waals surface area (Å²) in [6, 6.07) is 8.65. The Morgan fingerprint density at radius 3 is 2.36 bits per heavy atom. The number of rotatable bonds is 5. The van der Waals surface area contributed by atoms with Crippen LogP contribution in [0.5, 0.6) is 5.75 Å². The SMILES string of the molecule is COc1ccc(C23CC4CC(CC(C(=O)NCC(C)C)(C4)C2)C3)cc1. The third-order valence-corrected chi connectivity index (χ3v) is 6.92. The summed E-state index contributed by atoms with van der Waals surface area (Å²) in [4.78, 5) is 13.1. The van der Waals surface area contributed by atoms with Crippen LogP contribution in [0.25, 0.3) is 0 Å². The van der Waals surface area contributed by atoms with Gasteiger partial charge < -0.3 is 10.1 Å². The van der Waals surface area contributed by atoms with E-state index in [1.807, 2.05) is 0 Å². The Balaban J connectivity index is 1.63. The Morgan fingerprint density at radius 1 is 1.16 bits per heavy atom. The highest BCUT2D eigenvalue weighted by Gasteiger charge is 2.60. The second-order valence-electron chi connectivity index (χ2n) is 9.35. The first-order valence-corrected chi connectivity index (χ1v) is 9.88. The van der Waals surface area contributed by atoms with Gasteiger partial charge in [0.15, 0.2) is 0 Å². The van der Waals surface area contributed by atoms with E-state index in [2.05, 4.69) is 43.4 Å². The van der Waals surface area contributed by atoms with Gasteiger partial charge in [-0.1, -0.05) is 26.0 Å². The molecule has 4 aliphatic carbocycles. The summed E-state index contributed by atoms with van der Waals surface area (Å²) in [6.45, 7) is 5.13. The molecule has 0 saturated heterocycles. The van der Waals surface area contributed by atoms with Gasteiger partial charge in [0.25, 0.3) is 0 Å². The molecule has 1 aromatic carbocycles. The summed E-state index contributed by atoms with van der Waals surface area (Å²) < 4.78 is 5.34. The Hall–Kier alpha value is -1.51. The van der Waals surface area contributed by atoms with Gasteiger partial charge in [-0.3, -0.25) is 4.79 Å². The first kappa shape index (κ1) is 16.9. The lowest BCUT2D eigenvalue weighted by molar-refractivity contribution is -0.149. The molecule has 3 heteroatoms.